The van der Waals surface area contributed by atoms with Gasteiger partial charge in [0.15, 0.2) is 0 Å². The molecule has 0 fully saturated rings. The number of halogens is 2. The van der Waals surface area contributed by atoms with Crippen LogP contribution in [0.3, 0.4) is 0 Å². The summed E-state index contributed by atoms with van der Waals surface area (Å²) in [7, 11) is 0. The number of benzene rings is 1. The molecular formula is C15H19Cl2N3O2. The molecular weight excluding hydrogens is 325 g/mol. The maximum atomic E-state index is 11.9. The number of nitrogens with one attached hydrogen (secondary N) is 2. The first-order chi connectivity index (χ1) is 10.4. The third-order valence-electron chi connectivity index (χ3n) is 2.75. The van der Waals surface area contributed by atoms with Crippen molar-refractivity contribution in [1.29, 1.82) is 0 Å². The Balaban J connectivity index is 2.50. The number of hydrogen-bond donors (Lipinski definition) is 2. The number of unbranched alkanes of at least 4 members (excludes halogenated alkanes) is 1. The molecule has 0 heterocycles. The lowest BCUT2D eigenvalue weighted by molar-refractivity contribution is -0.121. The Morgan fingerprint density at radius 3 is 2.64 bits per heavy atom. The van der Waals surface area contributed by atoms with Gasteiger partial charge in [0, 0.05) is 17.2 Å². The molecule has 1 rings (SSSR count). The number of hydrazone groups is 1. The van der Waals surface area contributed by atoms with Gasteiger partial charge in [-0.25, -0.2) is 5.43 Å². The van der Waals surface area contributed by atoms with Gasteiger partial charge in [0.25, 0.3) is 0 Å². The molecule has 0 aromatic heterocycles. The quantitative estimate of drug-likeness (QED) is 0.580. The van der Waals surface area contributed by atoms with Crippen LogP contribution in [0.4, 0.5) is 5.69 Å². The maximum absolute atomic E-state index is 11.9. The Bertz CT molecular complexity index is 574. The van der Waals surface area contributed by atoms with Crippen molar-refractivity contribution >= 4 is 46.4 Å². The topological polar surface area (TPSA) is 70.6 Å². The molecule has 1 aromatic rings. The molecule has 0 aliphatic heterocycles. The van der Waals surface area contributed by atoms with Gasteiger partial charge in [0.1, 0.15) is 0 Å². The molecule has 0 unspecified atom stereocenters. The minimum absolute atomic E-state index is 0.0525. The second kappa shape index (κ2) is 9.43. The van der Waals surface area contributed by atoms with Gasteiger partial charge in [-0.15, -0.1) is 0 Å². The molecule has 7 heteroatoms. The minimum Gasteiger partial charge on any atom is -0.324 e. The number of nitrogens with zero attached hydrogens (tertiary/aromatic N) is 1. The molecule has 2 N–H and O–H groups in total. The number of hydrogen-bond acceptors (Lipinski definition) is 3. The minimum atomic E-state index is -0.284. The Kier molecular flexibility index (Phi) is 7.91. The van der Waals surface area contributed by atoms with Gasteiger partial charge < -0.3 is 5.32 Å². The normalized spacial score (nSPS) is 11.2. The smallest absolute Gasteiger partial charge is 0.240 e. The largest absolute Gasteiger partial charge is 0.324 e. The van der Waals surface area contributed by atoms with Gasteiger partial charge in [-0.3, -0.25) is 9.59 Å². The number of carbonyl (C=O) groups excluding carboxylic acids is 2. The summed E-state index contributed by atoms with van der Waals surface area (Å²) in [6.45, 7) is 3.67. The van der Waals surface area contributed by atoms with Crippen LogP contribution in [-0.4, -0.2) is 17.5 Å². The van der Waals surface area contributed by atoms with E-state index in [2.05, 4.69) is 15.8 Å². The SMILES string of the molecule is CCCCC(=O)N/N=C(\C)CC(=O)Nc1cc(Cl)ccc1Cl. The van der Waals surface area contributed by atoms with E-state index in [1.54, 1.807) is 25.1 Å². The number of rotatable bonds is 7. The Labute approximate surface area is 140 Å². The summed E-state index contributed by atoms with van der Waals surface area (Å²) in [6, 6.07) is 4.81. The van der Waals surface area contributed by atoms with Crippen molar-refractivity contribution in [2.45, 2.75) is 39.5 Å². The van der Waals surface area contributed by atoms with Crippen molar-refractivity contribution < 1.29 is 9.59 Å². The molecule has 2 amide bonds. The van der Waals surface area contributed by atoms with E-state index in [0.717, 1.165) is 12.8 Å². The van der Waals surface area contributed by atoms with Crippen molar-refractivity contribution in [2.24, 2.45) is 5.10 Å². The number of carbonyl (C=O) groups is 2. The summed E-state index contributed by atoms with van der Waals surface area (Å²) < 4.78 is 0. The zero-order valence-corrected chi connectivity index (χ0v) is 14.1. The third kappa shape index (κ3) is 6.91. The summed E-state index contributed by atoms with van der Waals surface area (Å²) in [5, 5.41) is 7.43. The second-order valence-electron chi connectivity index (χ2n) is 4.83. The molecule has 1 aromatic carbocycles. The van der Waals surface area contributed by atoms with Crippen molar-refractivity contribution in [3.63, 3.8) is 0 Å². The van der Waals surface area contributed by atoms with Crippen LogP contribution in [0.2, 0.25) is 10.0 Å². The van der Waals surface area contributed by atoms with Gasteiger partial charge in [-0.1, -0.05) is 36.5 Å². The van der Waals surface area contributed by atoms with E-state index >= 15 is 0 Å². The molecule has 0 aliphatic carbocycles. The van der Waals surface area contributed by atoms with Crippen molar-refractivity contribution in [3.8, 4) is 0 Å². The zero-order valence-electron chi connectivity index (χ0n) is 12.6. The third-order valence-corrected chi connectivity index (χ3v) is 3.31. The van der Waals surface area contributed by atoms with Crippen molar-refractivity contribution in [2.75, 3.05) is 5.32 Å². The molecule has 0 aliphatic rings. The van der Waals surface area contributed by atoms with Crippen LogP contribution in [-0.2, 0) is 9.59 Å². The number of amides is 2. The van der Waals surface area contributed by atoms with Crippen LogP contribution < -0.4 is 10.7 Å². The van der Waals surface area contributed by atoms with Crippen LogP contribution in [0, 0.1) is 0 Å². The Hall–Kier alpha value is -1.59. The maximum Gasteiger partial charge on any atom is 0.240 e. The molecule has 0 atom stereocenters. The highest BCUT2D eigenvalue weighted by Crippen LogP contribution is 2.25. The summed E-state index contributed by atoms with van der Waals surface area (Å²) >= 11 is 11.8. The molecule has 5 nitrogen and oxygen atoms in total. The fraction of sp³-hybridized carbons (Fsp3) is 0.400. The van der Waals surface area contributed by atoms with E-state index in [0.29, 0.717) is 27.9 Å². The van der Waals surface area contributed by atoms with Crippen LogP contribution in [0.5, 0.6) is 0 Å². The van der Waals surface area contributed by atoms with Crippen molar-refractivity contribution in [1.82, 2.24) is 5.43 Å². The Morgan fingerprint density at radius 2 is 1.95 bits per heavy atom. The van der Waals surface area contributed by atoms with E-state index in [9.17, 15) is 9.59 Å². The standard InChI is InChI=1S/C15H19Cl2N3O2/c1-3-4-5-14(21)20-19-10(2)8-15(22)18-13-9-11(16)6-7-12(13)17/h6-7,9H,3-5,8H2,1-2H3,(H,18,22)(H,20,21)/b19-10+. The molecule has 0 saturated carbocycles. The van der Waals surface area contributed by atoms with Gasteiger partial charge in [-0.2, -0.15) is 5.10 Å². The predicted molar refractivity (Wildman–Crippen MR) is 90.5 cm³/mol. The van der Waals surface area contributed by atoms with Crippen LogP contribution in [0.15, 0.2) is 23.3 Å². The van der Waals surface area contributed by atoms with E-state index < -0.39 is 0 Å². The highest BCUT2D eigenvalue weighted by molar-refractivity contribution is 6.35. The molecule has 22 heavy (non-hydrogen) atoms. The average Bonchev–Trinajstić information content (AvgIpc) is 2.46. The van der Waals surface area contributed by atoms with Gasteiger partial charge in [0.2, 0.25) is 11.8 Å². The fourth-order valence-electron chi connectivity index (χ4n) is 1.61. The van der Waals surface area contributed by atoms with Gasteiger partial charge in [-0.05, 0) is 31.5 Å². The van der Waals surface area contributed by atoms with Crippen molar-refractivity contribution in [3.05, 3.63) is 28.2 Å². The van der Waals surface area contributed by atoms with Crippen LogP contribution >= 0.6 is 23.2 Å². The predicted octanol–water partition coefficient (Wildman–Crippen LogP) is 4.00. The number of anilines is 1. The van der Waals surface area contributed by atoms with E-state index in [-0.39, 0.29) is 18.2 Å². The summed E-state index contributed by atoms with van der Waals surface area (Å²) in [4.78, 5) is 23.3. The lowest BCUT2D eigenvalue weighted by Crippen LogP contribution is -2.21. The van der Waals surface area contributed by atoms with Crippen LogP contribution in [0.1, 0.15) is 39.5 Å². The summed E-state index contributed by atoms with van der Waals surface area (Å²) in [5.74, 6) is -0.437. The summed E-state index contributed by atoms with van der Waals surface area (Å²) in [6.07, 6.45) is 2.24. The van der Waals surface area contributed by atoms with Crippen LogP contribution in [0.25, 0.3) is 0 Å². The second-order valence-corrected chi connectivity index (χ2v) is 5.68. The average molecular weight is 344 g/mol. The zero-order chi connectivity index (χ0) is 16.5. The van der Waals surface area contributed by atoms with E-state index in [1.165, 1.54) is 0 Å². The molecule has 0 bridgehead atoms. The van der Waals surface area contributed by atoms with E-state index in [4.69, 9.17) is 23.2 Å². The van der Waals surface area contributed by atoms with Gasteiger partial charge >= 0.3 is 0 Å². The lowest BCUT2D eigenvalue weighted by Gasteiger charge is -2.07. The lowest BCUT2D eigenvalue weighted by atomic mass is 10.2. The summed E-state index contributed by atoms with van der Waals surface area (Å²) in [5.41, 5.74) is 3.37. The fourth-order valence-corrected chi connectivity index (χ4v) is 1.95. The first-order valence-corrected chi connectivity index (χ1v) is 7.75. The first-order valence-electron chi connectivity index (χ1n) is 6.99. The Morgan fingerprint density at radius 1 is 1.23 bits per heavy atom. The highest BCUT2D eigenvalue weighted by Gasteiger charge is 2.08. The van der Waals surface area contributed by atoms with E-state index in [1.807, 2.05) is 6.92 Å². The highest BCUT2D eigenvalue weighted by atomic mass is 35.5. The molecule has 0 radical (unpaired) electrons. The molecule has 0 spiro atoms. The monoisotopic (exact) mass is 343 g/mol. The molecule has 120 valence electrons. The van der Waals surface area contributed by atoms with Gasteiger partial charge in [0.05, 0.1) is 17.1 Å². The molecule has 0 saturated heterocycles. The first kappa shape index (κ1) is 18.5.